The largest absolute Gasteiger partial charge is 0.467 e. The number of alkyl carbamates (subject to hydrolysis) is 1. The number of esters is 4. The zero-order valence-electron chi connectivity index (χ0n) is 29.8. The van der Waals surface area contributed by atoms with E-state index in [2.05, 4.69) is 26.6 Å². The predicted octanol–water partition coefficient (Wildman–Crippen LogP) is 4.52. The minimum atomic E-state index is -1.68. The van der Waals surface area contributed by atoms with Crippen LogP contribution in [0.4, 0.5) is 10.5 Å². The average Bonchev–Trinajstić information content (AvgIpc) is 3.46. The number of carbonyl (C=O) groups is 6. The molecule has 0 saturated carbocycles. The molecule has 1 saturated heterocycles. The van der Waals surface area contributed by atoms with Gasteiger partial charge in [0.25, 0.3) is 0 Å². The average molecular weight is 812 g/mol. The highest BCUT2D eigenvalue weighted by molar-refractivity contribution is 9.08. The number of hydrogen-bond donors (Lipinski definition) is 2. The van der Waals surface area contributed by atoms with Crippen LogP contribution in [-0.4, -0.2) is 86.8 Å². The van der Waals surface area contributed by atoms with Crippen LogP contribution in [0, 0.1) is 0 Å². The van der Waals surface area contributed by atoms with E-state index in [1.165, 1.54) is 6.07 Å². The smallest absolute Gasteiger partial charge is 0.407 e. The quantitative estimate of drug-likeness (QED) is 0.139. The number of hydrogen-bond acceptors (Lipinski definition) is 13. The Hall–Kier alpha value is -5.48. The Labute approximate surface area is 319 Å². The normalized spacial score (nSPS) is 20.0. The number of carbonyl (C=O) groups excluding carboxylic acids is 6. The Morgan fingerprint density at radius 3 is 1.96 bits per heavy atom. The molecule has 16 heteroatoms. The molecule has 0 radical (unpaired) electrons. The molecule has 2 aliphatic rings. The summed E-state index contributed by atoms with van der Waals surface area (Å²) in [6.45, 7) is 3.28. The molecule has 2 amide bonds. The van der Waals surface area contributed by atoms with Gasteiger partial charge in [0, 0.05) is 45.0 Å². The summed E-state index contributed by atoms with van der Waals surface area (Å²) >= 11 is 3.38. The lowest BCUT2D eigenvalue weighted by Gasteiger charge is -2.43. The van der Waals surface area contributed by atoms with Crippen LogP contribution in [-0.2, 0) is 57.7 Å². The van der Waals surface area contributed by atoms with Crippen molar-refractivity contribution in [3.63, 3.8) is 0 Å². The van der Waals surface area contributed by atoms with Crippen molar-refractivity contribution in [3.05, 3.63) is 83.4 Å². The van der Waals surface area contributed by atoms with E-state index in [9.17, 15) is 28.8 Å². The molecule has 0 spiro atoms. The number of alkyl halides is 1. The highest BCUT2D eigenvalue weighted by atomic mass is 79.9. The third kappa shape index (κ3) is 9.54. The molecular formula is C38H39BrN2O13. The Morgan fingerprint density at radius 1 is 0.778 bits per heavy atom. The number of fused-ring (bicyclic) bond motifs is 3. The molecule has 3 aromatic rings. The first-order valence-corrected chi connectivity index (χ1v) is 18.0. The first kappa shape index (κ1) is 39.7. The molecule has 5 rings (SSSR count). The number of halogens is 1. The van der Waals surface area contributed by atoms with Crippen molar-refractivity contribution in [1.29, 1.82) is 0 Å². The van der Waals surface area contributed by atoms with Crippen molar-refractivity contribution in [2.24, 2.45) is 0 Å². The predicted molar refractivity (Wildman–Crippen MR) is 193 cm³/mol. The van der Waals surface area contributed by atoms with Gasteiger partial charge < -0.3 is 43.8 Å². The summed E-state index contributed by atoms with van der Waals surface area (Å²) in [5, 5.41) is 5.75. The highest BCUT2D eigenvalue weighted by Gasteiger charge is 2.56. The van der Waals surface area contributed by atoms with Crippen molar-refractivity contribution in [3.8, 4) is 16.9 Å². The SMILES string of the molecule is COC(=O)[C@H]1OC(Oc2ccc(CBr)cc2NC(=O)CCNC(=O)OCC2c3ccccc3-c3ccccc32)[C@H](OC(C)=O)C(OC(C)=O)[C@@H]1OC(C)=O. The van der Waals surface area contributed by atoms with Gasteiger partial charge in [-0.1, -0.05) is 70.5 Å². The standard InChI is InChI=1S/C38H39BrN2O13/c1-20(42)50-32-33(51-21(2)43)35(52-22(3)44)37(54-34(32)36(46)48-4)53-30-14-13-23(18-39)17-29(30)41-31(45)15-16-40-38(47)49-19-28-26-11-7-5-9-24(26)25-10-6-8-12-27(25)28/h5-14,17,28,32-35,37H,15-16,18-19H2,1-4H3,(H,40,47)(H,41,45)/t32-,33?,34-,35+,37?/m0/s1. The van der Waals surface area contributed by atoms with Crippen LogP contribution in [0.5, 0.6) is 5.75 Å². The van der Waals surface area contributed by atoms with Gasteiger partial charge in [-0.05, 0) is 39.9 Å². The molecule has 2 unspecified atom stereocenters. The minimum absolute atomic E-state index is 0.0100. The van der Waals surface area contributed by atoms with Gasteiger partial charge in [0.2, 0.25) is 18.3 Å². The van der Waals surface area contributed by atoms with E-state index in [1.807, 2.05) is 48.5 Å². The van der Waals surface area contributed by atoms with Crippen molar-refractivity contribution in [2.75, 3.05) is 25.6 Å². The van der Waals surface area contributed by atoms with Crippen molar-refractivity contribution >= 4 is 57.5 Å². The molecule has 15 nitrogen and oxygen atoms in total. The Balaban J connectivity index is 1.26. The van der Waals surface area contributed by atoms with Crippen molar-refractivity contribution in [2.45, 2.75) is 69.1 Å². The summed E-state index contributed by atoms with van der Waals surface area (Å²) in [4.78, 5) is 75.0. The van der Waals surface area contributed by atoms with Gasteiger partial charge in [0.1, 0.15) is 12.4 Å². The number of methoxy groups -OCH3 is 1. The maximum atomic E-state index is 13.2. The lowest BCUT2D eigenvalue weighted by Crippen LogP contribution is -2.64. The van der Waals surface area contributed by atoms with E-state index in [0.29, 0.717) is 5.33 Å². The van der Waals surface area contributed by atoms with Gasteiger partial charge >= 0.3 is 30.0 Å². The number of benzene rings is 3. The molecule has 286 valence electrons. The summed E-state index contributed by atoms with van der Waals surface area (Å²) in [6, 6.07) is 20.7. The molecule has 0 aromatic heterocycles. The van der Waals surface area contributed by atoms with E-state index in [0.717, 1.165) is 55.7 Å². The summed E-state index contributed by atoms with van der Waals surface area (Å²) in [7, 11) is 1.07. The van der Waals surface area contributed by atoms with Crippen LogP contribution in [0.25, 0.3) is 11.1 Å². The van der Waals surface area contributed by atoms with Gasteiger partial charge in [-0.3, -0.25) is 19.2 Å². The topological polar surface area (TPSA) is 191 Å². The van der Waals surface area contributed by atoms with E-state index in [-0.39, 0.29) is 36.9 Å². The molecular weight excluding hydrogens is 772 g/mol. The second kappa shape index (κ2) is 18.0. The van der Waals surface area contributed by atoms with Crippen LogP contribution >= 0.6 is 15.9 Å². The molecule has 3 aromatic carbocycles. The molecule has 2 N–H and O–H groups in total. The summed E-state index contributed by atoms with van der Waals surface area (Å²) in [5.74, 6) is -4.15. The number of rotatable bonds is 13. The van der Waals surface area contributed by atoms with Gasteiger partial charge in [0.15, 0.2) is 18.3 Å². The van der Waals surface area contributed by atoms with E-state index in [4.69, 9.17) is 33.2 Å². The monoisotopic (exact) mass is 810 g/mol. The minimum Gasteiger partial charge on any atom is -0.467 e. The lowest BCUT2D eigenvalue weighted by molar-refractivity contribution is -0.282. The molecule has 0 bridgehead atoms. The molecule has 1 fully saturated rings. The van der Waals surface area contributed by atoms with Gasteiger partial charge in [-0.15, -0.1) is 0 Å². The molecule has 1 aliphatic carbocycles. The third-order valence-corrected chi connectivity index (χ3v) is 9.16. The van der Waals surface area contributed by atoms with E-state index < -0.39 is 66.6 Å². The summed E-state index contributed by atoms with van der Waals surface area (Å²) in [6.07, 6.45) is -8.86. The fourth-order valence-electron chi connectivity index (χ4n) is 6.30. The first-order valence-electron chi connectivity index (χ1n) is 16.9. The second-order valence-corrected chi connectivity index (χ2v) is 12.9. The zero-order chi connectivity index (χ0) is 38.9. The lowest BCUT2D eigenvalue weighted by atomic mass is 9.97. The van der Waals surface area contributed by atoms with Crippen LogP contribution in [0.1, 0.15) is 49.8 Å². The van der Waals surface area contributed by atoms with Crippen LogP contribution in [0.3, 0.4) is 0 Å². The molecule has 5 atom stereocenters. The number of ether oxygens (including phenoxy) is 7. The molecule has 1 aliphatic heterocycles. The van der Waals surface area contributed by atoms with Gasteiger partial charge in [-0.2, -0.15) is 0 Å². The number of nitrogens with one attached hydrogen (secondary N) is 2. The Kier molecular flexibility index (Phi) is 13.3. The highest BCUT2D eigenvalue weighted by Crippen LogP contribution is 2.44. The third-order valence-electron chi connectivity index (χ3n) is 8.52. The number of anilines is 1. The maximum absolute atomic E-state index is 13.2. The second-order valence-electron chi connectivity index (χ2n) is 12.3. The zero-order valence-corrected chi connectivity index (χ0v) is 31.4. The molecule has 54 heavy (non-hydrogen) atoms. The van der Waals surface area contributed by atoms with E-state index >= 15 is 0 Å². The molecule has 1 heterocycles. The van der Waals surface area contributed by atoms with Crippen LogP contribution in [0.15, 0.2) is 66.7 Å². The fourth-order valence-corrected chi connectivity index (χ4v) is 6.65. The number of amides is 2. The maximum Gasteiger partial charge on any atom is 0.407 e. The summed E-state index contributed by atoms with van der Waals surface area (Å²) in [5.41, 5.74) is 5.22. The van der Waals surface area contributed by atoms with Gasteiger partial charge in [-0.25, -0.2) is 9.59 Å². The van der Waals surface area contributed by atoms with Crippen LogP contribution in [0.2, 0.25) is 0 Å². The van der Waals surface area contributed by atoms with Crippen LogP contribution < -0.4 is 15.4 Å². The van der Waals surface area contributed by atoms with Crippen molar-refractivity contribution in [1.82, 2.24) is 5.32 Å². The summed E-state index contributed by atoms with van der Waals surface area (Å²) < 4.78 is 38.5. The Bertz CT molecular complexity index is 1860. The van der Waals surface area contributed by atoms with Gasteiger partial charge in [0.05, 0.1) is 12.8 Å². The van der Waals surface area contributed by atoms with Crippen molar-refractivity contribution < 1.29 is 61.9 Å². The fraction of sp³-hybridized carbons (Fsp3) is 0.368. The Morgan fingerprint density at radius 2 is 1.37 bits per heavy atom. The first-order chi connectivity index (χ1) is 25.9. The van der Waals surface area contributed by atoms with E-state index in [1.54, 1.807) is 12.1 Å².